The Balaban J connectivity index is 2.09. The van der Waals surface area contributed by atoms with Crippen LogP contribution in [0.1, 0.15) is 164 Å². The fraction of sp³-hybridized carbons (Fsp3) is 0.812. The highest BCUT2D eigenvalue weighted by molar-refractivity contribution is 5.98. The van der Waals surface area contributed by atoms with Gasteiger partial charge in [0, 0.05) is 36.8 Å². The topological polar surface area (TPSA) is 48.3 Å². The zero-order chi connectivity index (χ0) is 26.4. The Labute approximate surface area is 223 Å². The lowest BCUT2D eigenvalue weighted by Gasteiger charge is -2.08. The van der Waals surface area contributed by atoms with Gasteiger partial charge in [0.2, 0.25) is 0 Å². The molecule has 36 heavy (non-hydrogen) atoms. The van der Waals surface area contributed by atoms with Crippen molar-refractivity contribution in [1.82, 2.24) is 4.57 Å². The first-order chi connectivity index (χ1) is 17.5. The number of nitrogens with zero attached hydrogens (tertiary/aromatic N) is 1. The molecule has 1 aromatic rings. The maximum atomic E-state index is 12.9. The lowest BCUT2D eigenvalue weighted by Crippen LogP contribution is -2.06. The predicted molar refractivity (Wildman–Crippen MR) is 153 cm³/mol. The molecule has 0 N–H and O–H groups in total. The van der Waals surface area contributed by atoms with Crippen LogP contribution in [0, 0.1) is 13.8 Å². The maximum absolute atomic E-state index is 12.9. The normalized spacial score (nSPS) is 11.2. The van der Waals surface area contributed by atoms with Crippen molar-refractivity contribution in [3.8, 4) is 0 Å². The van der Waals surface area contributed by atoms with Gasteiger partial charge >= 0.3 is 5.97 Å². The smallest absolute Gasteiger partial charge is 0.305 e. The van der Waals surface area contributed by atoms with Gasteiger partial charge in [0.1, 0.15) is 0 Å². The molecule has 0 saturated heterocycles. The van der Waals surface area contributed by atoms with Crippen LogP contribution in [0.15, 0.2) is 6.20 Å². The first-order valence-corrected chi connectivity index (χ1v) is 15.4. The van der Waals surface area contributed by atoms with Crippen molar-refractivity contribution >= 4 is 11.8 Å². The number of ether oxygens (including phenoxy) is 1. The summed E-state index contributed by atoms with van der Waals surface area (Å²) in [7, 11) is 0. The van der Waals surface area contributed by atoms with E-state index in [0.29, 0.717) is 25.2 Å². The molecule has 4 nitrogen and oxygen atoms in total. The van der Waals surface area contributed by atoms with Crippen LogP contribution in [0.2, 0.25) is 0 Å². The highest BCUT2D eigenvalue weighted by Gasteiger charge is 2.16. The van der Waals surface area contributed by atoms with Crippen LogP contribution in [-0.4, -0.2) is 22.9 Å². The summed E-state index contributed by atoms with van der Waals surface area (Å²) in [5.41, 5.74) is 3.14. The van der Waals surface area contributed by atoms with E-state index in [1.807, 2.05) is 6.92 Å². The lowest BCUT2D eigenvalue weighted by molar-refractivity contribution is -0.143. The Bertz CT molecular complexity index is 706. The van der Waals surface area contributed by atoms with Gasteiger partial charge < -0.3 is 9.30 Å². The second-order valence-electron chi connectivity index (χ2n) is 10.7. The third-order valence-electron chi connectivity index (χ3n) is 7.41. The SMILES string of the molecule is CCCCCCCCCCCCCCCCCC(=O)c1c(C)cn(CCCCCC(=O)OCC)c1C. The molecule has 1 rings (SSSR count). The van der Waals surface area contributed by atoms with Crippen LogP contribution < -0.4 is 0 Å². The standard InChI is InChI=1S/C32H57NO3/c1-5-7-8-9-10-11-12-13-14-15-16-17-18-19-21-24-30(34)32-28(3)27-33(29(32)4)26-23-20-22-25-31(35)36-6-2/h27H,5-26H2,1-4H3. The molecule has 0 fully saturated rings. The number of hydrogen-bond acceptors (Lipinski definition) is 3. The summed E-state index contributed by atoms with van der Waals surface area (Å²) in [6, 6.07) is 0. The van der Waals surface area contributed by atoms with Gasteiger partial charge in [0.15, 0.2) is 5.78 Å². The molecule has 1 heterocycles. The Morgan fingerprint density at radius 3 is 1.67 bits per heavy atom. The lowest BCUT2D eigenvalue weighted by atomic mass is 10.0. The van der Waals surface area contributed by atoms with Crippen LogP contribution in [0.5, 0.6) is 0 Å². The van der Waals surface area contributed by atoms with Gasteiger partial charge in [-0.3, -0.25) is 9.59 Å². The van der Waals surface area contributed by atoms with Crippen LogP contribution in [-0.2, 0) is 16.1 Å². The highest BCUT2D eigenvalue weighted by Crippen LogP contribution is 2.21. The molecule has 0 aliphatic carbocycles. The molecule has 0 saturated carbocycles. The van der Waals surface area contributed by atoms with E-state index in [2.05, 4.69) is 31.5 Å². The molecular formula is C32H57NO3. The van der Waals surface area contributed by atoms with E-state index in [4.69, 9.17) is 4.74 Å². The van der Waals surface area contributed by atoms with E-state index in [1.165, 1.54) is 89.9 Å². The zero-order valence-electron chi connectivity index (χ0n) is 24.3. The van der Waals surface area contributed by atoms with Crippen molar-refractivity contribution in [2.75, 3.05) is 6.61 Å². The minimum atomic E-state index is -0.0998. The minimum Gasteiger partial charge on any atom is -0.466 e. The fourth-order valence-electron chi connectivity index (χ4n) is 5.22. The first-order valence-electron chi connectivity index (χ1n) is 15.4. The number of Topliss-reactive ketones (excluding diaryl/α,β-unsaturated/α-hetero) is 1. The number of ketones is 1. The van der Waals surface area contributed by atoms with E-state index in [1.54, 1.807) is 0 Å². The van der Waals surface area contributed by atoms with Crippen LogP contribution >= 0.6 is 0 Å². The summed E-state index contributed by atoms with van der Waals surface area (Å²) < 4.78 is 7.20. The molecule has 1 aromatic heterocycles. The van der Waals surface area contributed by atoms with Crippen molar-refractivity contribution in [2.45, 2.75) is 163 Å². The van der Waals surface area contributed by atoms with Crippen LogP contribution in [0.25, 0.3) is 0 Å². The summed E-state index contributed by atoms with van der Waals surface area (Å²) in [6.45, 7) is 9.62. The van der Waals surface area contributed by atoms with Gasteiger partial charge in [-0.2, -0.15) is 0 Å². The molecule has 0 aromatic carbocycles. The number of carbonyl (C=O) groups is 2. The molecule has 0 aliphatic rings. The van der Waals surface area contributed by atoms with E-state index < -0.39 is 0 Å². The van der Waals surface area contributed by atoms with Gasteiger partial charge in [-0.25, -0.2) is 0 Å². The minimum absolute atomic E-state index is 0.0998. The molecule has 0 bridgehead atoms. The average molecular weight is 504 g/mol. The second kappa shape index (κ2) is 21.5. The molecule has 0 unspecified atom stereocenters. The largest absolute Gasteiger partial charge is 0.466 e. The quantitative estimate of drug-likeness (QED) is 0.0801. The summed E-state index contributed by atoms with van der Waals surface area (Å²) in [5, 5.41) is 0. The summed E-state index contributed by atoms with van der Waals surface area (Å²) >= 11 is 0. The van der Waals surface area contributed by atoms with Crippen molar-refractivity contribution < 1.29 is 14.3 Å². The third-order valence-corrected chi connectivity index (χ3v) is 7.41. The number of esters is 1. The zero-order valence-corrected chi connectivity index (χ0v) is 24.3. The number of unbranched alkanes of at least 4 members (excludes halogenated alkanes) is 16. The number of rotatable bonds is 24. The van der Waals surface area contributed by atoms with E-state index in [-0.39, 0.29) is 5.97 Å². The predicted octanol–water partition coefficient (Wildman–Crippen LogP) is 9.67. The average Bonchev–Trinajstić information content (AvgIpc) is 3.14. The Hall–Kier alpha value is -1.58. The fourth-order valence-corrected chi connectivity index (χ4v) is 5.22. The Morgan fingerprint density at radius 1 is 0.667 bits per heavy atom. The van der Waals surface area contributed by atoms with Crippen LogP contribution in [0.4, 0.5) is 0 Å². The molecule has 0 atom stereocenters. The Morgan fingerprint density at radius 2 is 1.14 bits per heavy atom. The molecular weight excluding hydrogens is 446 g/mol. The number of aromatic nitrogens is 1. The molecule has 0 radical (unpaired) electrons. The van der Waals surface area contributed by atoms with E-state index in [9.17, 15) is 9.59 Å². The van der Waals surface area contributed by atoms with Crippen molar-refractivity contribution in [1.29, 1.82) is 0 Å². The number of aryl methyl sites for hydroxylation is 2. The number of carbonyl (C=O) groups excluding carboxylic acids is 2. The second-order valence-corrected chi connectivity index (χ2v) is 10.7. The van der Waals surface area contributed by atoms with Gasteiger partial charge in [-0.15, -0.1) is 0 Å². The van der Waals surface area contributed by atoms with Crippen molar-refractivity contribution in [3.63, 3.8) is 0 Å². The Kier molecular flexibility index (Phi) is 19.4. The molecule has 208 valence electrons. The van der Waals surface area contributed by atoms with Gasteiger partial charge in [0.05, 0.1) is 6.61 Å². The number of hydrogen-bond donors (Lipinski definition) is 0. The van der Waals surface area contributed by atoms with E-state index in [0.717, 1.165) is 49.0 Å². The molecule has 0 aliphatic heterocycles. The van der Waals surface area contributed by atoms with Gasteiger partial charge in [-0.1, -0.05) is 103 Å². The van der Waals surface area contributed by atoms with Gasteiger partial charge in [-0.05, 0) is 45.6 Å². The summed E-state index contributed by atoms with van der Waals surface area (Å²) in [6.07, 6.45) is 26.3. The molecule has 0 spiro atoms. The van der Waals surface area contributed by atoms with Crippen LogP contribution in [0.3, 0.4) is 0 Å². The first kappa shape index (κ1) is 32.4. The van der Waals surface area contributed by atoms with Gasteiger partial charge in [0.25, 0.3) is 0 Å². The third kappa shape index (κ3) is 14.9. The molecule has 0 amide bonds. The molecule has 4 heteroatoms. The maximum Gasteiger partial charge on any atom is 0.305 e. The summed E-state index contributed by atoms with van der Waals surface area (Å²) in [4.78, 5) is 24.3. The van der Waals surface area contributed by atoms with Crippen molar-refractivity contribution in [3.05, 3.63) is 23.0 Å². The monoisotopic (exact) mass is 503 g/mol. The van der Waals surface area contributed by atoms with Crippen molar-refractivity contribution in [2.24, 2.45) is 0 Å². The highest BCUT2D eigenvalue weighted by atomic mass is 16.5. The summed E-state index contributed by atoms with van der Waals surface area (Å²) in [5.74, 6) is 0.206. The van der Waals surface area contributed by atoms with E-state index >= 15 is 0 Å².